The summed E-state index contributed by atoms with van der Waals surface area (Å²) in [5.41, 5.74) is 6.33. The Morgan fingerprint density at radius 3 is 2.50 bits per heavy atom. The van der Waals surface area contributed by atoms with Crippen LogP contribution < -0.4 is 0 Å². The molecule has 1 heterocycles. The summed E-state index contributed by atoms with van der Waals surface area (Å²) in [5.74, 6) is -1.01. The molecule has 8 heteroatoms. The van der Waals surface area contributed by atoms with Crippen molar-refractivity contribution in [2.45, 2.75) is 6.18 Å². The molecule has 0 atom stereocenters. The van der Waals surface area contributed by atoms with E-state index in [4.69, 9.17) is 5.53 Å². The van der Waals surface area contributed by atoms with Crippen molar-refractivity contribution in [2.24, 2.45) is 5.11 Å². The predicted octanol–water partition coefficient (Wildman–Crippen LogP) is 4.85. The standard InChI is InChI=1S/C12H6F4N4/c13-11-9(2-1-5-18-11)8-4-3-7(19-20-17)6-10(8)12(14,15)16/h1-6H. The molecule has 4 nitrogen and oxygen atoms in total. The number of nitrogens with zero attached hydrogens (tertiary/aromatic N) is 4. The van der Waals surface area contributed by atoms with Gasteiger partial charge in [0.15, 0.2) is 0 Å². The largest absolute Gasteiger partial charge is 0.417 e. The third-order valence-electron chi connectivity index (χ3n) is 2.52. The summed E-state index contributed by atoms with van der Waals surface area (Å²) >= 11 is 0. The maximum Gasteiger partial charge on any atom is 0.417 e. The van der Waals surface area contributed by atoms with Gasteiger partial charge < -0.3 is 0 Å². The summed E-state index contributed by atoms with van der Waals surface area (Å²) in [7, 11) is 0. The molecule has 0 aliphatic rings. The van der Waals surface area contributed by atoms with Gasteiger partial charge in [-0.1, -0.05) is 17.2 Å². The molecule has 0 N–H and O–H groups in total. The Balaban J connectivity index is 2.70. The number of halogens is 4. The molecule has 0 fully saturated rings. The van der Waals surface area contributed by atoms with Gasteiger partial charge in [-0.15, -0.1) is 0 Å². The fraction of sp³-hybridized carbons (Fsp3) is 0.0833. The summed E-state index contributed by atoms with van der Waals surface area (Å²) in [6.45, 7) is 0. The molecule has 0 radical (unpaired) electrons. The van der Waals surface area contributed by atoms with Crippen LogP contribution in [0.3, 0.4) is 0 Å². The number of alkyl halides is 3. The SMILES string of the molecule is [N-]=[N+]=Nc1ccc(-c2cccnc2F)c(C(F)(F)F)c1. The zero-order valence-electron chi connectivity index (χ0n) is 9.76. The molecule has 0 saturated heterocycles. The van der Waals surface area contributed by atoms with Crippen molar-refractivity contribution in [3.05, 3.63) is 58.5 Å². The van der Waals surface area contributed by atoms with E-state index in [0.29, 0.717) is 6.07 Å². The zero-order valence-corrected chi connectivity index (χ0v) is 9.76. The molecule has 0 unspecified atom stereocenters. The molecular formula is C12H6F4N4. The predicted molar refractivity (Wildman–Crippen MR) is 63.4 cm³/mol. The number of pyridine rings is 1. The Morgan fingerprint density at radius 2 is 1.90 bits per heavy atom. The van der Waals surface area contributed by atoms with Gasteiger partial charge in [0.2, 0.25) is 5.95 Å². The lowest BCUT2D eigenvalue weighted by Crippen LogP contribution is -2.07. The van der Waals surface area contributed by atoms with E-state index in [1.807, 2.05) is 0 Å². The quantitative estimate of drug-likeness (QED) is 0.255. The summed E-state index contributed by atoms with van der Waals surface area (Å²) < 4.78 is 52.6. The average Bonchev–Trinajstić information content (AvgIpc) is 2.39. The molecule has 0 aliphatic carbocycles. The molecule has 0 spiro atoms. The number of benzene rings is 1. The molecular weight excluding hydrogens is 276 g/mol. The first kappa shape index (κ1) is 13.8. The van der Waals surface area contributed by atoms with Crippen LogP contribution >= 0.6 is 0 Å². The summed E-state index contributed by atoms with van der Waals surface area (Å²) in [5, 5.41) is 3.11. The Labute approximate surface area is 110 Å². The van der Waals surface area contributed by atoms with Gasteiger partial charge in [-0.3, -0.25) is 0 Å². The highest BCUT2D eigenvalue weighted by Gasteiger charge is 2.34. The van der Waals surface area contributed by atoms with E-state index in [1.165, 1.54) is 18.2 Å². The van der Waals surface area contributed by atoms with Crippen molar-refractivity contribution < 1.29 is 17.6 Å². The number of azide groups is 1. The third kappa shape index (κ3) is 2.70. The minimum Gasteiger partial charge on any atom is -0.228 e. The molecule has 102 valence electrons. The fourth-order valence-corrected chi connectivity index (χ4v) is 1.70. The van der Waals surface area contributed by atoms with Gasteiger partial charge in [0.05, 0.1) is 5.56 Å². The van der Waals surface area contributed by atoms with E-state index in [0.717, 1.165) is 12.3 Å². The monoisotopic (exact) mass is 282 g/mol. The number of rotatable bonds is 2. The van der Waals surface area contributed by atoms with Crippen LogP contribution in [0.2, 0.25) is 0 Å². The summed E-state index contributed by atoms with van der Waals surface area (Å²) in [4.78, 5) is 5.74. The van der Waals surface area contributed by atoms with Gasteiger partial charge in [0.1, 0.15) is 0 Å². The minimum absolute atomic E-state index is 0.201. The minimum atomic E-state index is -4.71. The first-order valence-corrected chi connectivity index (χ1v) is 5.30. The Hall–Kier alpha value is -2.60. The van der Waals surface area contributed by atoms with Crippen molar-refractivity contribution in [1.82, 2.24) is 4.98 Å². The molecule has 0 aliphatic heterocycles. The van der Waals surface area contributed by atoms with Gasteiger partial charge >= 0.3 is 6.18 Å². The zero-order chi connectivity index (χ0) is 14.8. The lowest BCUT2D eigenvalue weighted by Gasteiger charge is -2.13. The molecule has 0 amide bonds. The highest BCUT2D eigenvalue weighted by molar-refractivity contribution is 5.70. The van der Waals surface area contributed by atoms with Crippen LogP contribution in [0, 0.1) is 5.95 Å². The Morgan fingerprint density at radius 1 is 1.15 bits per heavy atom. The number of hydrogen-bond acceptors (Lipinski definition) is 2. The highest BCUT2D eigenvalue weighted by atomic mass is 19.4. The van der Waals surface area contributed by atoms with E-state index in [9.17, 15) is 17.6 Å². The van der Waals surface area contributed by atoms with E-state index >= 15 is 0 Å². The molecule has 20 heavy (non-hydrogen) atoms. The van der Waals surface area contributed by atoms with E-state index in [1.54, 1.807) is 0 Å². The molecule has 2 rings (SSSR count). The van der Waals surface area contributed by atoms with Gasteiger partial charge in [-0.25, -0.2) is 4.98 Å². The van der Waals surface area contributed by atoms with Crippen LogP contribution in [-0.4, -0.2) is 4.98 Å². The van der Waals surface area contributed by atoms with Crippen molar-refractivity contribution >= 4 is 5.69 Å². The maximum atomic E-state index is 13.5. The normalized spacial score (nSPS) is 11.0. The topological polar surface area (TPSA) is 61.7 Å². The van der Waals surface area contributed by atoms with Crippen molar-refractivity contribution in [3.8, 4) is 11.1 Å². The van der Waals surface area contributed by atoms with E-state index in [2.05, 4.69) is 15.0 Å². The molecule has 0 bridgehead atoms. The first-order valence-electron chi connectivity index (χ1n) is 5.30. The van der Waals surface area contributed by atoms with Gasteiger partial charge in [-0.2, -0.15) is 17.6 Å². The second-order valence-corrected chi connectivity index (χ2v) is 3.76. The molecule has 1 aromatic carbocycles. The van der Waals surface area contributed by atoms with E-state index < -0.39 is 17.7 Å². The first-order chi connectivity index (χ1) is 9.43. The summed E-state index contributed by atoms with van der Waals surface area (Å²) in [6.07, 6.45) is -3.57. The molecule has 1 aromatic heterocycles. The average molecular weight is 282 g/mol. The number of aromatic nitrogens is 1. The smallest absolute Gasteiger partial charge is 0.228 e. The van der Waals surface area contributed by atoms with Crippen LogP contribution in [0.5, 0.6) is 0 Å². The fourth-order valence-electron chi connectivity index (χ4n) is 1.70. The summed E-state index contributed by atoms with van der Waals surface area (Å²) in [6, 6.07) is 5.42. The van der Waals surface area contributed by atoms with E-state index in [-0.39, 0.29) is 16.8 Å². The van der Waals surface area contributed by atoms with Crippen molar-refractivity contribution in [3.63, 3.8) is 0 Å². The lowest BCUT2D eigenvalue weighted by atomic mass is 10.00. The van der Waals surface area contributed by atoms with Crippen LogP contribution in [0.1, 0.15) is 5.56 Å². The van der Waals surface area contributed by atoms with Crippen molar-refractivity contribution in [1.29, 1.82) is 0 Å². The second-order valence-electron chi connectivity index (χ2n) is 3.76. The maximum absolute atomic E-state index is 13.5. The van der Waals surface area contributed by atoms with Crippen molar-refractivity contribution in [2.75, 3.05) is 0 Å². The second kappa shape index (κ2) is 5.18. The van der Waals surface area contributed by atoms with Gasteiger partial charge in [0, 0.05) is 22.4 Å². The third-order valence-corrected chi connectivity index (χ3v) is 2.52. The van der Waals surface area contributed by atoms with Gasteiger partial charge in [-0.05, 0) is 29.3 Å². The van der Waals surface area contributed by atoms with Crippen LogP contribution in [-0.2, 0) is 6.18 Å². The van der Waals surface area contributed by atoms with Gasteiger partial charge in [0.25, 0.3) is 0 Å². The Kier molecular flexibility index (Phi) is 3.58. The Bertz CT molecular complexity index is 690. The highest BCUT2D eigenvalue weighted by Crippen LogP contribution is 2.39. The van der Waals surface area contributed by atoms with Crippen LogP contribution in [0.25, 0.3) is 21.6 Å². The molecule has 2 aromatic rings. The van der Waals surface area contributed by atoms with Crippen LogP contribution in [0.15, 0.2) is 41.6 Å². The van der Waals surface area contributed by atoms with Crippen LogP contribution in [0.4, 0.5) is 23.2 Å². The lowest BCUT2D eigenvalue weighted by molar-refractivity contribution is -0.137. The number of hydrogen-bond donors (Lipinski definition) is 0. The molecule has 0 saturated carbocycles.